The molecule has 0 saturated carbocycles. The van der Waals surface area contributed by atoms with Gasteiger partial charge in [0.05, 0.1) is 11.4 Å². The van der Waals surface area contributed by atoms with Crippen molar-refractivity contribution < 1.29 is 9.90 Å². The molecule has 0 saturated heterocycles. The van der Waals surface area contributed by atoms with Crippen molar-refractivity contribution in [2.45, 2.75) is 5.75 Å². The van der Waals surface area contributed by atoms with Crippen LogP contribution < -0.4 is 0 Å². The number of rotatable bonds is 0. The predicted molar refractivity (Wildman–Crippen MR) is 68.7 cm³/mol. The van der Waals surface area contributed by atoms with Crippen LogP contribution in [0, 0.1) is 0 Å². The molecule has 0 radical (unpaired) electrons. The number of benzene rings is 1. The summed E-state index contributed by atoms with van der Waals surface area (Å²) in [5.41, 5.74) is 2.66. The zero-order chi connectivity index (χ0) is 11.8. The number of hydrogen-bond acceptors (Lipinski definition) is 4. The zero-order valence-corrected chi connectivity index (χ0v) is 9.70. The van der Waals surface area contributed by atoms with E-state index in [1.807, 2.05) is 0 Å². The second-order valence-corrected chi connectivity index (χ2v) is 4.86. The van der Waals surface area contributed by atoms with Gasteiger partial charge in [0.15, 0.2) is 5.78 Å². The molecular formula is C13H9NO2S. The molecule has 84 valence electrons. The van der Waals surface area contributed by atoms with Crippen LogP contribution in [0.25, 0.3) is 0 Å². The summed E-state index contributed by atoms with van der Waals surface area (Å²) in [5.74, 6) is 0.958. The quantitative estimate of drug-likeness (QED) is 0.713. The lowest BCUT2D eigenvalue weighted by Gasteiger charge is -2.06. The lowest BCUT2D eigenvalue weighted by Crippen LogP contribution is -2.04. The Morgan fingerprint density at radius 2 is 2.18 bits per heavy atom. The van der Waals surface area contributed by atoms with Crippen LogP contribution in [0.2, 0.25) is 0 Å². The summed E-state index contributed by atoms with van der Waals surface area (Å²) >= 11 is 1.57. The Balaban J connectivity index is 2.11. The normalized spacial score (nSPS) is 17.8. The number of thioether (sulfide) groups is 1. The number of ketones is 1. The van der Waals surface area contributed by atoms with Gasteiger partial charge >= 0.3 is 0 Å². The number of fused-ring (bicyclic) bond motifs is 2. The first-order valence-corrected chi connectivity index (χ1v) is 6.18. The number of phenolic OH excluding ortho intramolecular Hbond substituents is 1. The number of aromatic hydroxyl groups is 1. The molecule has 1 aromatic rings. The van der Waals surface area contributed by atoms with E-state index in [9.17, 15) is 9.90 Å². The van der Waals surface area contributed by atoms with Crippen LogP contribution in [-0.2, 0) is 10.5 Å². The molecule has 1 N–H and O–H groups in total. The number of carbonyl (C=O) groups excluding carboxylic acids is 1. The van der Waals surface area contributed by atoms with Gasteiger partial charge in [0.2, 0.25) is 0 Å². The van der Waals surface area contributed by atoms with Gasteiger partial charge in [-0.25, -0.2) is 4.99 Å². The van der Waals surface area contributed by atoms with Crippen molar-refractivity contribution in [2.24, 2.45) is 4.99 Å². The second kappa shape index (κ2) is 3.89. The third-order valence-corrected chi connectivity index (χ3v) is 3.71. The average Bonchev–Trinajstić information content (AvgIpc) is 2.48. The molecule has 0 aromatic heterocycles. The molecular weight excluding hydrogens is 234 g/mol. The first kappa shape index (κ1) is 10.4. The summed E-state index contributed by atoms with van der Waals surface area (Å²) in [6.07, 6.45) is 4.87. The molecule has 3 nitrogen and oxygen atoms in total. The topological polar surface area (TPSA) is 49.7 Å². The highest BCUT2D eigenvalue weighted by molar-refractivity contribution is 8.03. The number of aliphatic imine (C=N–C) groups is 1. The van der Waals surface area contributed by atoms with Crippen LogP contribution in [0.3, 0.4) is 0 Å². The number of allylic oxidation sites excluding steroid dienone is 4. The van der Waals surface area contributed by atoms with E-state index >= 15 is 0 Å². The predicted octanol–water partition coefficient (Wildman–Crippen LogP) is 2.73. The first-order chi connectivity index (χ1) is 8.22. The van der Waals surface area contributed by atoms with E-state index in [1.165, 1.54) is 6.08 Å². The maximum atomic E-state index is 11.3. The molecule has 1 aliphatic heterocycles. The fourth-order valence-electron chi connectivity index (χ4n) is 1.78. The van der Waals surface area contributed by atoms with Crippen molar-refractivity contribution in [1.82, 2.24) is 0 Å². The third kappa shape index (κ3) is 1.91. The van der Waals surface area contributed by atoms with Crippen LogP contribution in [-0.4, -0.2) is 16.6 Å². The minimum absolute atomic E-state index is 0.000235. The van der Waals surface area contributed by atoms with E-state index in [-0.39, 0.29) is 11.5 Å². The maximum absolute atomic E-state index is 11.3. The fourth-order valence-corrected chi connectivity index (χ4v) is 2.79. The first-order valence-electron chi connectivity index (χ1n) is 5.20. The van der Waals surface area contributed by atoms with Crippen molar-refractivity contribution in [3.8, 4) is 5.75 Å². The molecule has 0 bridgehead atoms. The number of nitrogens with zero attached hydrogens (tertiary/aromatic N) is 1. The largest absolute Gasteiger partial charge is 0.508 e. The summed E-state index contributed by atoms with van der Waals surface area (Å²) < 4.78 is 0. The molecule has 2 aliphatic rings. The molecule has 0 amide bonds. The smallest absolute Gasteiger partial charge is 0.179 e. The van der Waals surface area contributed by atoms with Crippen LogP contribution in [0.1, 0.15) is 5.56 Å². The molecule has 1 aromatic carbocycles. The highest BCUT2D eigenvalue weighted by atomic mass is 32.2. The Hall–Kier alpha value is -1.81. The lowest BCUT2D eigenvalue weighted by molar-refractivity contribution is -0.110. The van der Waals surface area contributed by atoms with E-state index in [4.69, 9.17) is 0 Å². The fraction of sp³-hybridized carbons (Fsp3) is 0.0769. The van der Waals surface area contributed by atoms with Crippen LogP contribution in [0.4, 0.5) is 5.69 Å². The zero-order valence-electron chi connectivity index (χ0n) is 8.88. The molecule has 0 spiro atoms. The summed E-state index contributed by atoms with van der Waals surface area (Å²) in [6, 6.07) is 5.14. The molecule has 0 fully saturated rings. The number of carbonyl (C=O) groups is 1. The van der Waals surface area contributed by atoms with E-state index in [1.54, 1.807) is 42.1 Å². The van der Waals surface area contributed by atoms with Crippen molar-refractivity contribution in [3.63, 3.8) is 0 Å². The van der Waals surface area contributed by atoms with Crippen LogP contribution in [0.15, 0.2) is 46.3 Å². The minimum atomic E-state index is 0.000235. The van der Waals surface area contributed by atoms with Gasteiger partial charge in [-0.3, -0.25) is 4.79 Å². The van der Waals surface area contributed by atoms with Gasteiger partial charge in [-0.15, -0.1) is 11.8 Å². The van der Waals surface area contributed by atoms with Gasteiger partial charge in [0.25, 0.3) is 0 Å². The minimum Gasteiger partial charge on any atom is -0.508 e. The molecule has 1 aliphatic carbocycles. The highest BCUT2D eigenvalue weighted by Crippen LogP contribution is 2.36. The summed E-state index contributed by atoms with van der Waals surface area (Å²) in [7, 11) is 0. The Morgan fingerprint density at radius 3 is 3.06 bits per heavy atom. The Kier molecular flexibility index (Phi) is 2.37. The molecule has 0 atom stereocenters. The highest BCUT2D eigenvalue weighted by Gasteiger charge is 2.17. The Bertz CT molecular complexity index is 599. The van der Waals surface area contributed by atoms with Crippen molar-refractivity contribution in [2.75, 3.05) is 0 Å². The summed E-state index contributed by atoms with van der Waals surface area (Å²) in [4.78, 5) is 16.7. The Morgan fingerprint density at radius 1 is 1.29 bits per heavy atom. The standard InChI is InChI=1S/C13H9NO2S/c15-9-1-3-11-8(5-9)7-17-13-6-10(16)2-4-12(13)14-11/h1-6,15H,7H2. The van der Waals surface area contributed by atoms with E-state index in [0.29, 0.717) is 5.75 Å². The van der Waals surface area contributed by atoms with Gasteiger partial charge in [-0.1, -0.05) is 0 Å². The molecule has 3 rings (SSSR count). The Labute approximate surface area is 103 Å². The number of phenols is 1. The number of hydrogen-bond donors (Lipinski definition) is 1. The monoisotopic (exact) mass is 243 g/mol. The molecule has 0 unspecified atom stereocenters. The van der Waals surface area contributed by atoms with Crippen molar-refractivity contribution in [1.29, 1.82) is 0 Å². The summed E-state index contributed by atoms with van der Waals surface area (Å²) in [5, 5.41) is 9.44. The van der Waals surface area contributed by atoms with Gasteiger partial charge in [-0.05, 0) is 35.9 Å². The van der Waals surface area contributed by atoms with Gasteiger partial charge in [-0.2, -0.15) is 0 Å². The van der Waals surface area contributed by atoms with Gasteiger partial charge in [0, 0.05) is 16.7 Å². The van der Waals surface area contributed by atoms with Crippen molar-refractivity contribution in [3.05, 3.63) is 46.9 Å². The molecule has 17 heavy (non-hydrogen) atoms. The molecule has 1 heterocycles. The third-order valence-electron chi connectivity index (χ3n) is 2.62. The SMILES string of the molecule is O=C1C=CC2=Nc3ccc(O)cc3CSC2=C1. The average molecular weight is 243 g/mol. The van der Waals surface area contributed by atoms with E-state index in [2.05, 4.69) is 4.99 Å². The summed E-state index contributed by atoms with van der Waals surface area (Å²) in [6.45, 7) is 0. The van der Waals surface area contributed by atoms with E-state index in [0.717, 1.165) is 21.9 Å². The van der Waals surface area contributed by atoms with Crippen LogP contribution >= 0.6 is 11.8 Å². The van der Waals surface area contributed by atoms with E-state index < -0.39 is 0 Å². The molecule has 4 heteroatoms. The second-order valence-electron chi connectivity index (χ2n) is 3.84. The van der Waals surface area contributed by atoms with Crippen molar-refractivity contribution >= 4 is 28.9 Å². The lowest BCUT2D eigenvalue weighted by atomic mass is 10.1. The maximum Gasteiger partial charge on any atom is 0.179 e. The van der Waals surface area contributed by atoms with Crippen LogP contribution in [0.5, 0.6) is 5.75 Å². The van der Waals surface area contributed by atoms with Gasteiger partial charge in [0.1, 0.15) is 5.75 Å². The van der Waals surface area contributed by atoms with Gasteiger partial charge < -0.3 is 5.11 Å².